The maximum Gasteiger partial charge on any atom is 0.418 e. The van der Waals surface area contributed by atoms with Gasteiger partial charge in [0.2, 0.25) is 5.95 Å². The van der Waals surface area contributed by atoms with Gasteiger partial charge in [-0.05, 0) is 31.7 Å². The van der Waals surface area contributed by atoms with Crippen LogP contribution in [0.5, 0.6) is 0 Å². The highest BCUT2D eigenvalue weighted by Gasteiger charge is 2.34. The molecule has 5 nitrogen and oxygen atoms in total. The lowest BCUT2D eigenvalue weighted by molar-refractivity contribution is -0.136. The van der Waals surface area contributed by atoms with Gasteiger partial charge in [0, 0.05) is 43.0 Å². The summed E-state index contributed by atoms with van der Waals surface area (Å²) in [5, 5.41) is 2.73. The summed E-state index contributed by atoms with van der Waals surface area (Å²) in [4.78, 5) is 13.1. The molecule has 2 heterocycles. The van der Waals surface area contributed by atoms with E-state index in [1.807, 2.05) is 6.07 Å². The van der Waals surface area contributed by atoms with E-state index in [-0.39, 0.29) is 16.7 Å². The van der Waals surface area contributed by atoms with E-state index in [2.05, 4.69) is 32.0 Å². The Morgan fingerprint density at radius 1 is 1.11 bits per heavy atom. The van der Waals surface area contributed by atoms with Crippen molar-refractivity contribution in [3.8, 4) is 0 Å². The van der Waals surface area contributed by atoms with Crippen LogP contribution in [0.2, 0.25) is 5.02 Å². The Morgan fingerprint density at radius 3 is 2.44 bits per heavy atom. The van der Waals surface area contributed by atoms with Gasteiger partial charge < -0.3 is 15.1 Å². The smallest absolute Gasteiger partial charge is 0.354 e. The number of anilines is 3. The van der Waals surface area contributed by atoms with Crippen LogP contribution in [0.1, 0.15) is 18.2 Å². The van der Waals surface area contributed by atoms with Crippen molar-refractivity contribution in [2.24, 2.45) is 0 Å². The average Bonchev–Trinajstić information content (AvgIpc) is 2.62. The first kappa shape index (κ1) is 19.7. The Bertz CT molecular complexity index is 804. The second-order valence-corrected chi connectivity index (χ2v) is 6.86. The average molecular weight is 400 g/mol. The fraction of sp³-hybridized carbons (Fsp3) is 0.444. The molecule has 1 aliphatic rings. The van der Waals surface area contributed by atoms with Crippen molar-refractivity contribution in [3.63, 3.8) is 0 Å². The van der Waals surface area contributed by atoms with E-state index in [4.69, 9.17) is 11.6 Å². The van der Waals surface area contributed by atoms with Gasteiger partial charge in [-0.15, -0.1) is 0 Å². The van der Waals surface area contributed by atoms with E-state index in [1.165, 1.54) is 12.1 Å². The number of likely N-dealkylation sites (N-methyl/N-ethyl adjacent to an activating group) is 1. The molecule has 1 aromatic heterocycles. The van der Waals surface area contributed by atoms with Crippen LogP contribution in [0.3, 0.4) is 0 Å². The van der Waals surface area contributed by atoms with Crippen molar-refractivity contribution < 1.29 is 13.2 Å². The first-order chi connectivity index (χ1) is 12.8. The molecule has 0 amide bonds. The number of piperazine rings is 1. The number of halogens is 4. The van der Waals surface area contributed by atoms with Crippen molar-refractivity contribution >= 4 is 29.1 Å². The molecule has 0 spiro atoms. The summed E-state index contributed by atoms with van der Waals surface area (Å²) in [6.45, 7) is 8.41. The maximum atomic E-state index is 13.3. The molecule has 1 N–H and O–H groups in total. The molecule has 9 heteroatoms. The van der Waals surface area contributed by atoms with Crippen LogP contribution in [0.25, 0.3) is 0 Å². The normalized spacial score (nSPS) is 15.9. The third-order valence-electron chi connectivity index (χ3n) is 4.52. The van der Waals surface area contributed by atoms with Gasteiger partial charge in [0.1, 0.15) is 5.82 Å². The van der Waals surface area contributed by atoms with E-state index in [0.29, 0.717) is 11.5 Å². The zero-order valence-corrected chi connectivity index (χ0v) is 15.9. The van der Waals surface area contributed by atoms with Gasteiger partial charge >= 0.3 is 6.18 Å². The van der Waals surface area contributed by atoms with E-state index in [1.54, 1.807) is 6.92 Å². The summed E-state index contributed by atoms with van der Waals surface area (Å²) < 4.78 is 39.9. The third-order valence-corrected chi connectivity index (χ3v) is 4.75. The van der Waals surface area contributed by atoms with E-state index >= 15 is 0 Å². The topological polar surface area (TPSA) is 44.3 Å². The van der Waals surface area contributed by atoms with E-state index in [9.17, 15) is 13.2 Å². The second kappa shape index (κ2) is 7.90. The van der Waals surface area contributed by atoms with Crippen LogP contribution in [-0.2, 0) is 6.18 Å². The standard InChI is InChI=1S/C18H21ClF3N5/c1-3-26-6-8-27(9-7-26)16-10-12(2)23-17(25-16)24-15-5-4-13(19)11-14(15)18(20,21)22/h4-5,10-11H,3,6-9H2,1-2H3,(H,23,24,25). The van der Waals surface area contributed by atoms with Crippen molar-refractivity contribution in [3.05, 3.63) is 40.5 Å². The Morgan fingerprint density at radius 2 is 1.81 bits per heavy atom. The second-order valence-electron chi connectivity index (χ2n) is 6.43. The molecule has 0 radical (unpaired) electrons. The van der Waals surface area contributed by atoms with Gasteiger partial charge in [0.15, 0.2) is 0 Å². The quantitative estimate of drug-likeness (QED) is 0.828. The summed E-state index contributed by atoms with van der Waals surface area (Å²) in [5.41, 5.74) is -0.291. The minimum atomic E-state index is -4.53. The van der Waals surface area contributed by atoms with Gasteiger partial charge in [-0.1, -0.05) is 18.5 Å². The lowest BCUT2D eigenvalue weighted by Crippen LogP contribution is -2.46. The highest BCUT2D eigenvalue weighted by atomic mass is 35.5. The van der Waals surface area contributed by atoms with Gasteiger partial charge in [-0.2, -0.15) is 18.2 Å². The van der Waals surface area contributed by atoms with Crippen LogP contribution >= 0.6 is 11.6 Å². The number of nitrogens with zero attached hydrogens (tertiary/aromatic N) is 4. The highest BCUT2D eigenvalue weighted by Crippen LogP contribution is 2.37. The predicted molar refractivity (Wildman–Crippen MR) is 101 cm³/mol. The molecule has 146 valence electrons. The third kappa shape index (κ3) is 4.81. The summed E-state index contributed by atoms with van der Waals surface area (Å²) in [7, 11) is 0. The molecule has 1 aliphatic heterocycles. The van der Waals surface area contributed by atoms with Crippen LogP contribution in [0, 0.1) is 6.92 Å². The van der Waals surface area contributed by atoms with Crippen LogP contribution < -0.4 is 10.2 Å². The molecular formula is C18H21ClF3N5. The van der Waals surface area contributed by atoms with Gasteiger partial charge in [0.05, 0.1) is 11.3 Å². The van der Waals surface area contributed by atoms with Crippen molar-refractivity contribution in [2.45, 2.75) is 20.0 Å². The van der Waals surface area contributed by atoms with Crippen LogP contribution in [0.4, 0.5) is 30.6 Å². The molecule has 0 bridgehead atoms. The van der Waals surface area contributed by atoms with Gasteiger partial charge in [-0.3, -0.25) is 0 Å². The predicted octanol–water partition coefficient (Wildman–Crippen LogP) is 4.34. The first-order valence-corrected chi connectivity index (χ1v) is 9.11. The largest absolute Gasteiger partial charge is 0.418 e. The molecule has 27 heavy (non-hydrogen) atoms. The Balaban J connectivity index is 1.86. The number of benzene rings is 1. The SMILES string of the molecule is CCN1CCN(c2cc(C)nc(Nc3ccc(Cl)cc3C(F)(F)F)n2)CC1. The van der Waals surface area contributed by atoms with Crippen molar-refractivity contribution in [2.75, 3.05) is 42.9 Å². The van der Waals surface area contributed by atoms with Gasteiger partial charge in [0.25, 0.3) is 0 Å². The monoisotopic (exact) mass is 399 g/mol. The molecule has 1 fully saturated rings. The minimum Gasteiger partial charge on any atom is -0.354 e. The molecule has 0 atom stereocenters. The fourth-order valence-corrected chi connectivity index (χ4v) is 3.22. The number of rotatable bonds is 4. The zero-order valence-electron chi connectivity index (χ0n) is 15.1. The molecule has 1 saturated heterocycles. The molecule has 2 aromatic rings. The highest BCUT2D eigenvalue weighted by molar-refractivity contribution is 6.30. The molecule has 0 saturated carbocycles. The lowest BCUT2D eigenvalue weighted by atomic mass is 10.1. The minimum absolute atomic E-state index is 0.0209. The first-order valence-electron chi connectivity index (χ1n) is 8.73. The van der Waals surface area contributed by atoms with Crippen molar-refractivity contribution in [1.29, 1.82) is 0 Å². The number of aryl methyl sites for hydroxylation is 1. The number of nitrogens with one attached hydrogen (secondary N) is 1. The molecule has 0 unspecified atom stereocenters. The summed E-state index contributed by atoms with van der Waals surface area (Å²) in [6, 6.07) is 5.43. The zero-order chi connectivity index (χ0) is 19.6. The number of aromatic nitrogens is 2. The summed E-state index contributed by atoms with van der Waals surface area (Å²) >= 11 is 5.73. The van der Waals surface area contributed by atoms with Crippen molar-refractivity contribution in [1.82, 2.24) is 14.9 Å². The lowest BCUT2D eigenvalue weighted by Gasteiger charge is -2.34. The number of hydrogen-bond acceptors (Lipinski definition) is 5. The fourth-order valence-electron chi connectivity index (χ4n) is 3.04. The van der Waals surface area contributed by atoms with Gasteiger partial charge in [-0.25, -0.2) is 4.98 Å². The Hall–Kier alpha value is -2.06. The van der Waals surface area contributed by atoms with E-state index < -0.39 is 11.7 Å². The Kier molecular flexibility index (Phi) is 5.76. The van der Waals surface area contributed by atoms with Crippen LogP contribution in [-0.4, -0.2) is 47.6 Å². The molecular weight excluding hydrogens is 379 g/mol. The Labute approximate surface area is 161 Å². The number of hydrogen-bond donors (Lipinski definition) is 1. The summed E-state index contributed by atoms with van der Waals surface area (Å²) in [5.74, 6) is 0.846. The van der Waals surface area contributed by atoms with E-state index in [0.717, 1.165) is 38.8 Å². The summed E-state index contributed by atoms with van der Waals surface area (Å²) in [6.07, 6.45) is -4.53. The molecule has 0 aliphatic carbocycles. The molecule has 1 aromatic carbocycles. The maximum absolute atomic E-state index is 13.3. The number of alkyl halides is 3. The van der Waals surface area contributed by atoms with Crippen LogP contribution in [0.15, 0.2) is 24.3 Å². The molecule has 3 rings (SSSR count).